The summed E-state index contributed by atoms with van der Waals surface area (Å²) in [4.78, 5) is 11.2. The molecule has 0 aliphatic rings. The molecule has 0 saturated carbocycles. The van der Waals surface area contributed by atoms with Crippen LogP contribution in [0.25, 0.3) is 11.1 Å². The summed E-state index contributed by atoms with van der Waals surface area (Å²) in [7, 11) is -2.64. The number of carboxylic acid groups (broad SMARTS) is 1. The van der Waals surface area contributed by atoms with Crippen LogP contribution in [-0.4, -0.2) is 32.1 Å². The van der Waals surface area contributed by atoms with Crippen molar-refractivity contribution in [3.8, 4) is 16.9 Å². The Bertz CT molecular complexity index is 1360. The number of carboxylic acids is 1. The van der Waals surface area contributed by atoms with Crippen LogP contribution in [0.3, 0.4) is 0 Å². The summed E-state index contributed by atoms with van der Waals surface area (Å²) in [6.07, 6.45) is 0.484. The standard InChI is InChI=1S/C33H35FO4Si/c1-24(38-31-18-12-11-17-28(31)25-19-20-29(32(35)36)30(34)23-25)21-22-37-39(33(2,3)4,26-13-7-5-8-14-26)27-15-9-6-10-16-27/h5-20,23-24H,21-22H2,1-4H3,(H,35,36)/t24-/m1/s1. The average molecular weight is 543 g/mol. The predicted molar refractivity (Wildman–Crippen MR) is 157 cm³/mol. The highest BCUT2D eigenvalue weighted by Crippen LogP contribution is 2.37. The van der Waals surface area contributed by atoms with Crippen molar-refractivity contribution in [1.29, 1.82) is 0 Å². The van der Waals surface area contributed by atoms with E-state index in [2.05, 4.69) is 69.3 Å². The van der Waals surface area contributed by atoms with E-state index < -0.39 is 20.1 Å². The molecule has 0 bridgehead atoms. The molecular weight excluding hydrogens is 507 g/mol. The highest BCUT2D eigenvalue weighted by Gasteiger charge is 2.50. The number of para-hydroxylation sites is 1. The smallest absolute Gasteiger partial charge is 0.338 e. The number of halogens is 1. The summed E-state index contributed by atoms with van der Waals surface area (Å²) in [6, 6.07) is 32.6. The van der Waals surface area contributed by atoms with Crippen LogP contribution in [0.5, 0.6) is 5.75 Å². The van der Waals surface area contributed by atoms with Gasteiger partial charge in [0.2, 0.25) is 0 Å². The molecule has 4 aromatic carbocycles. The van der Waals surface area contributed by atoms with Gasteiger partial charge in [0.05, 0.1) is 11.7 Å². The molecule has 0 heterocycles. The molecule has 0 aliphatic carbocycles. The van der Waals surface area contributed by atoms with Gasteiger partial charge in [-0.15, -0.1) is 0 Å². The van der Waals surface area contributed by atoms with Gasteiger partial charge in [0, 0.05) is 18.6 Å². The van der Waals surface area contributed by atoms with Gasteiger partial charge in [0.15, 0.2) is 0 Å². The predicted octanol–water partition coefficient (Wildman–Crippen LogP) is 6.92. The Morgan fingerprint density at radius 3 is 1.97 bits per heavy atom. The third kappa shape index (κ3) is 6.13. The lowest BCUT2D eigenvalue weighted by atomic mass is 10.0. The van der Waals surface area contributed by atoms with Gasteiger partial charge < -0.3 is 14.3 Å². The van der Waals surface area contributed by atoms with Crippen molar-refractivity contribution in [2.45, 2.75) is 45.3 Å². The summed E-state index contributed by atoms with van der Waals surface area (Å²) < 4.78 is 27.7. The molecular formula is C33H35FO4Si. The Labute approximate surface area is 231 Å². The number of ether oxygens (including phenoxy) is 1. The van der Waals surface area contributed by atoms with Crippen molar-refractivity contribution < 1.29 is 23.5 Å². The molecule has 202 valence electrons. The van der Waals surface area contributed by atoms with Crippen LogP contribution in [0.1, 0.15) is 44.5 Å². The van der Waals surface area contributed by atoms with E-state index in [4.69, 9.17) is 14.3 Å². The summed E-state index contributed by atoms with van der Waals surface area (Å²) in [5.41, 5.74) is 0.906. The molecule has 1 N–H and O–H groups in total. The lowest BCUT2D eigenvalue weighted by Gasteiger charge is -2.43. The zero-order valence-corrected chi connectivity index (χ0v) is 23.9. The van der Waals surface area contributed by atoms with Crippen molar-refractivity contribution in [2.75, 3.05) is 6.61 Å². The van der Waals surface area contributed by atoms with Crippen molar-refractivity contribution in [2.24, 2.45) is 0 Å². The SMILES string of the molecule is C[C@H](CCO[Si](c1ccccc1)(c1ccccc1)C(C)(C)C)Oc1ccccc1-c1ccc(C(=O)O)c(F)c1. The first kappa shape index (κ1) is 28.3. The third-order valence-corrected chi connectivity index (χ3v) is 12.0. The van der Waals surface area contributed by atoms with E-state index in [1.165, 1.54) is 22.5 Å². The second kappa shape index (κ2) is 12.0. The molecule has 4 nitrogen and oxygen atoms in total. The molecule has 0 aliphatic heterocycles. The zero-order valence-electron chi connectivity index (χ0n) is 22.9. The van der Waals surface area contributed by atoms with Gasteiger partial charge in [0.25, 0.3) is 8.32 Å². The summed E-state index contributed by atoms with van der Waals surface area (Å²) in [5.74, 6) is -1.46. The Kier molecular flexibility index (Phi) is 8.68. The van der Waals surface area contributed by atoms with E-state index >= 15 is 0 Å². The van der Waals surface area contributed by atoms with E-state index in [0.29, 0.717) is 29.9 Å². The molecule has 4 aromatic rings. The minimum absolute atomic E-state index is 0.113. The van der Waals surface area contributed by atoms with E-state index in [1.54, 1.807) is 6.07 Å². The lowest BCUT2D eigenvalue weighted by Crippen LogP contribution is -2.66. The molecule has 4 rings (SSSR count). The average Bonchev–Trinajstić information content (AvgIpc) is 2.91. The monoisotopic (exact) mass is 542 g/mol. The highest BCUT2D eigenvalue weighted by molar-refractivity contribution is 6.99. The summed E-state index contributed by atoms with van der Waals surface area (Å²) in [6.45, 7) is 9.27. The second-order valence-corrected chi connectivity index (χ2v) is 15.0. The molecule has 0 saturated heterocycles. The van der Waals surface area contributed by atoms with Gasteiger partial charge >= 0.3 is 5.97 Å². The Morgan fingerprint density at radius 1 is 0.872 bits per heavy atom. The van der Waals surface area contributed by atoms with Gasteiger partial charge in [0.1, 0.15) is 11.6 Å². The van der Waals surface area contributed by atoms with Gasteiger partial charge in [-0.3, -0.25) is 0 Å². The number of hydrogen-bond acceptors (Lipinski definition) is 3. The maximum Gasteiger partial charge on any atom is 0.338 e. The van der Waals surface area contributed by atoms with Crippen LogP contribution in [0.4, 0.5) is 4.39 Å². The largest absolute Gasteiger partial charge is 0.490 e. The fourth-order valence-corrected chi connectivity index (χ4v) is 9.66. The Morgan fingerprint density at radius 2 is 1.44 bits per heavy atom. The summed E-state index contributed by atoms with van der Waals surface area (Å²) in [5, 5.41) is 11.5. The second-order valence-electron chi connectivity index (χ2n) is 10.7. The van der Waals surface area contributed by atoms with Crippen molar-refractivity contribution in [3.63, 3.8) is 0 Å². The number of carbonyl (C=O) groups is 1. The van der Waals surface area contributed by atoms with E-state index in [1.807, 2.05) is 43.3 Å². The van der Waals surface area contributed by atoms with Gasteiger partial charge in [-0.05, 0) is 46.1 Å². The van der Waals surface area contributed by atoms with Crippen molar-refractivity contribution in [1.82, 2.24) is 0 Å². The normalized spacial score (nSPS) is 12.6. The minimum Gasteiger partial charge on any atom is -0.490 e. The first-order valence-electron chi connectivity index (χ1n) is 13.2. The fraction of sp³-hybridized carbons (Fsp3) is 0.242. The van der Waals surface area contributed by atoms with E-state index in [-0.39, 0.29) is 16.7 Å². The van der Waals surface area contributed by atoms with E-state index in [0.717, 1.165) is 0 Å². The first-order valence-corrected chi connectivity index (χ1v) is 15.1. The number of aromatic carboxylic acids is 1. The van der Waals surface area contributed by atoms with Crippen LogP contribution >= 0.6 is 0 Å². The zero-order chi connectivity index (χ0) is 28.0. The number of hydrogen-bond donors (Lipinski definition) is 1. The quantitative estimate of drug-likeness (QED) is 0.221. The summed E-state index contributed by atoms with van der Waals surface area (Å²) >= 11 is 0. The molecule has 0 fully saturated rings. The molecule has 1 atom stereocenters. The number of benzene rings is 4. The van der Waals surface area contributed by atoms with E-state index in [9.17, 15) is 9.18 Å². The molecule has 0 radical (unpaired) electrons. The topological polar surface area (TPSA) is 55.8 Å². The Balaban J connectivity index is 1.55. The van der Waals surface area contributed by atoms with Gasteiger partial charge in [-0.25, -0.2) is 9.18 Å². The van der Waals surface area contributed by atoms with Crippen LogP contribution < -0.4 is 15.1 Å². The van der Waals surface area contributed by atoms with Crippen LogP contribution in [0.2, 0.25) is 5.04 Å². The van der Waals surface area contributed by atoms with Gasteiger partial charge in [-0.1, -0.05) is 106 Å². The molecule has 0 spiro atoms. The maximum absolute atomic E-state index is 14.4. The maximum atomic E-state index is 14.4. The first-order chi connectivity index (χ1) is 18.6. The van der Waals surface area contributed by atoms with Crippen molar-refractivity contribution in [3.05, 3.63) is 115 Å². The minimum atomic E-state index is -2.64. The van der Waals surface area contributed by atoms with Crippen LogP contribution in [-0.2, 0) is 4.43 Å². The van der Waals surface area contributed by atoms with Gasteiger partial charge in [-0.2, -0.15) is 0 Å². The molecule has 0 aromatic heterocycles. The third-order valence-electron chi connectivity index (χ3n) is 6.99. The highest BCUT2D eigenvalue weighted by atomic mass is 28.4. The van der Waals surface area contributed by atoms with Crippen LogP contribution in [0, 0.1) is 5.82 Å². The Hall–Kier alpha value is -3.74. The molecule has 0 unspecified atom stereocenters. The number of rotatable bonds is 10. The van der Waals surface area contributed by atoms with Crippen molar-refractivity contribution >= 4 is 24.7 Å². The lowest BCUT2D eigenvalue weighted by molar-refractivity contribution is 0.0692. The molecule has 39 heavy (non-hydrogen) atoms. The molecule has 0 amide bonds. The molecule has 6 heteroatoms. The fourth-order valence-electron chi connectivity index (χ4n) is 5.08. The van der Waals surface area contributed by atoms with Crippen LogP contribution in [0.15, 0.2) is 103 Å².